The van der Waals surface area contributed by atoms with Gasteiger partial charge >= 0.3 is 13.0 Å². The zero-order valence-corrected chi connectivity index (χ0v) is 14.9. The smallest absolute Gasteiger partial charge is 0.399 e. The Morgan fingerprint density at radius 3 is 1.92 bits per heavy atom. The lowest BCUT2D eigenvalue weighted by Gasteiger charge is -2.32. The van der Waals surface area contributed by atoms with Crippen molar-refractivity contribution in [3.8, 4) is 0 Å². The molecule has 3 rings (SSSR count). The summed E-state index contributed by atoms with van der Waals surface area (Å²) in [5.74, 6) is -6.52. The van der Waals surface area contributed by atoms with E-state index in [1.54, 1.807) is 0 Å². The minimum absolute atomic E-state index is 0.442. The molecule has 1 aliphatic rings. The zero-order chi connectivity index (χ0) is 19.3. The second-order valence-corrected chi connectivity index (χ2v) is 7.39. The third kappa shape index (κ3) is 3.03. The maximum absolute atomic E-state index is 14.6. The topological polar surface area (TPSA) is 18.5 Å². The fourth-order valence-electron chi connectivity index (χ4n) is 2.73. The molecule has 0 unspecified atom stereocenters. The molecule has 138 valence electrons. The molecule has 2 nitrogen and oxygen atoms in total. The molecule has 1 heterocycles. The number of benzene rings is 2. The molecular formula is C19H19BF4O2. The van der Waals surface area contributed by atoms with Crippen LogP contribution in [0.5, 0.6) is 0 Å². The van der Waals surface area contributed by atoms with Gasteiger partial charge in [0.15, 0.2) is 11.6 Å². The minimum Gasteiger partial charge on any atom is -0.399 e. The monoisotopic (exact) mass is 366 g/mol. The van der Waals surface area contributed by atoms with Crippen molar-refractivity contribution in [2.45, 2.75) is 44.8 Å². The molecule has 1 saturated heterocycles. The summed E-state index contributed by atoms with van der Waals surface area (Å²) in [4.78, 5) is 0. The van der Waals surface area contributed by atoms with Gasteiger partial charge < -0.3 is 9.31 Å². The normalized spacial score (nSPS) is 19.0. The molecule has 1 fully saturated rings. The van der Waals surface area contributed by atoms with Gasteiger partial charge in [-0.05, 0) is 45.3 Å². The highest BCUT2D eigenvalue weighted by atomic mass is 19.3. The Labute approximate surface area is 150 Å². The summed E-state index contributed by atoms with van der Waals surface area (Å²) in [5.41, 5.74) is -1.97. The van der Waals surface area contributed by atoms with Gasteiger partial charge in [-0.1, -0.05) is 30.3 Å². The zero-order valence-electron chi connectivity index (χ0n) is 14.9. The van der Waals surface area contributed by atoms with Crippen LogP contribution in [0.1, 0.15) is 38.8 Å². The number of alkyl halides is 2. The first-order valence-electron chi connectivity index (χ1n) is 8.24. The summed E-state index contributed by atoms with van der Waals surface area (Å²) in [6.07, 6.45) is 0. The lowest BCUT2D eigenvalue weighted by atomic mass is 9.78. The molecule has 0 bridgehead atoms. The number of hydrogen-bond donors (Lipinski definition) is 0. The summed E-state index contributed by atoms with van der Waals surface area (Å²) in [5, 5.41) is 0. The second kappa shape index (κ2) is 6.10. The van der Waals surface area contributed by atoms with E-state index in [0.717, 1.165) is 18.2 Å². The van der Waals surface area contributed by atoms with Crippen LogP contribution in [-0.4, -0.2) is 18.3 Å². The summed E-state index contributed by atoms with van der Waals surface area (Å²) in [6.45, 7) is 7.56. The van der Waals surface area contributed by atoms with Gasteiger partial charge in [0.25, 0.3) is 0 Å². The van der Waals surface area contributed by atoms with E-state index >= 15 is 0 Å². The van der Waals surface area contributed by atoms with Crippen molar-refractivity contribution in [2.75, 3.05) is 0 Å². The summed E-state index contributed by atoms with van der Waals surface area (Å²) < 4.78 is 68.1. The highest BCUT2D eigenvalue weighted by Gasteiger charge is 2.51. The van der Waals surface area contributed by atoms with E-state index in [2.05, 4.69) is 0 Å². The van der Waals surface area contributed by atoms with Gasteiger partial charge in [0.2, 0.25) is 0 Å². The van der Waals surface area contributed by atoms with E-state index in [9.17, 15) is 17.6 Å². The lowest BCUT2D eigenvalue weighted by Crippen LogP contribution is -2.41. The number of halogens is 4. The third-order valence-corrected chi connectivity index (χ3v) is 5.09. The van der Waals surface area contributed by atoms with E-state index in [1.165, 1.54) is 24.3 Å². The molecule has 1 aliphatic heterocycles. The Balaban J connectivity index is 1.89. The van der Waals surface area contributed by atoms with Crippen molar-refractivity contribution in [2.24, 2.45) is 0 Å². The van der Waals surface area contributed by atoms with Gasteiger partial charge in [-0.25, -0.2) is 8.78 Å². The van der Waals surface area contributed by atoms with Crippen molar-refractivity contribution < 1.29 is 26.9 Å². The Bertz CT molecular complexity index is 803. The lowest BCUT2D eigenvalue weighted by molar-refractivity contribution is 0.00578. The summed E-state index contributed by atoms with van der Waals surface area (Å²) in [7, 11) is -0.687. The molecule has 7 heteroatoms. The Morgan fingerprint density at radius 1 is 0.846 bits per heavy atom. The van der Waals surface area contributed by atoms with Crippen LogP contribution < -0.4 is 5.46 Å². The molecule has 0 saturated carbocycles. The highest BCUT2D eigenvalue weighted by Crippen LogP contribution is 2.38. The standard InChI is InChI=1S/C19H19BF4O2/c1-17(2)18(3,4)26-20(25-17)13-10-8-12(9-11-13)19(23,24)14-6-5-7-15(21)16(14)22/h5-11H,1-4H3. The van der Waals surface area contributed by atoms with Gasteiger partial charge in [-0.2, -0.15) is 8.78 Å². The van der Waals surface area contributed by atoms with Crippen LogP contribution in [0.15, 0.2) is 42.5 Å². The minimum atomic E-state index is -3.67. The molecule has 2 aromatic carbocycles. The molecule has 0 spiro atoms. The summed E-state index contributed by atoms with van der Waals surface area (Å²) in [6, 6.07) is 7.97. The molecule has 0 radical (unpaired) electrons. The van der Waals surface area contributed by atoms with Crippen LogP contribution in [0.2, 0.25) is 0 Å². The molecular weight excluding hydrogens is 347 g/mol. The Hall–Kier alpha value is -1.86. The van der Waals surface area contributed by atoms with Gasteiger partial charge in [0, 0.05) is 5.56 Å². The molecule has 0 amide bonds. The first-order valence-corrected chi connectivity index (χ1v) is 8.24. The quantitative estimate of drug-likeness (QED) is 0.592. The van der Waals surface area contributed by atoms with Crippen LogP contribution >= 0.6 is 0 Å². The highest BCUT2D eigenvalue weighted by molar-refractivity contribution is 6.62. The average Bonchev–Trinajstić information content (AvgIpc) is 2.78. The third-order valence-electron chi connectivity index (χ3n) is 5.09. The van der Waals surface area contributed by atoms with Gasteiger partial charge in [0.05, 0.1) is 16.8 Å². The van der Waals surface area contributed by atoms with Crippen molar-refractivity contribution in [3.05, 3.63) is 65.2 Å². The molecule has 2 aromatic rings. The average molecular weight is 366 g/mol. The van der Waals surface area contributed by atoms with Crippen molar-refractivity contribution in [1.82, 2.24) is 0 Å². The Kier molecular flexibility index (Phi) is 4.44. The Morgan fingerprint density at radius 2 is 1.38 bits per heavy atom. The van der Waals surface area contributed by atoms with Crippen LogP contribution in [0.25, 0.3) is 0 Å². The molecule has 0 aliphatic carbocycles. The van der Waals surface area contributed by atoms with Gasteiger partial charge in [-0.3, -0.25) is 0 Å². The fraction of sp³-hybridized carbons (Fsp3) is 0.368. The van der Waals surface area contributed by atoms with Gasteiger partial charge in [0.1, 0.15) is 0 Å². The van der Waals surface area contributed by atoms with E-state index in [1.807, 2.05) is 27.7 Å². The maximum atomic E-state index is 14.6. The summed E-state index contributed by atoms with van der Waals surface area (Å²) >= 11 is 0. The van der Waals surface area contributed by atoms with Crippen LogP contribution in [-0.2, 0) is 15.2 Å². The van der Waals surface area contributed by atoms with Crippen LogP contribution in [0, 0.1) is 11.6 Å². The number of rotatable bonds is 3. The van der Waals surface area contributed by atoms with E-state index in [0.29, 0.717) is 5.46 Å². The maximum Gasteiger partial charge on any atom is 0.494 e. The van der Waals surface area contributed by atoms with E-state index < -0.39 is 47.0 Å². The predicted octanol–water partition coefficient (Wildman–Crippen LogP) is 4.40. The molecule has 0 N–H and O–H groups in total. The largest absolute Gasteiger partial charge is 0.494 e. The second-order valence-electron chi connectivity index (χ2n) is 7.39. The molecule has 26 heavy (non-hydrogen) atoms. The number of hydrogen-bond acceptors (Lipinski definition) is 2. The first-order chi connectivity index (χ1) is 12.0. The molecule has 0 aromatic heterocycles. The van der Waals surface area contributed by atoms with Crippen molar-refractivity contribution in [1.29, 1.82) is 0 Å². The van der Waals surface area contributed by atoms with Crippen LogP contribution in [0.3, 0.4) is 0 Å². The molecule has 0 atom stereocenters. The van der Waals surface area contributed by atoms with Crippen molar-refractivity contribution >= 4 is 12.6 Å². The van der Waals surface area contributed by atoms with E-state index in [4.69, 9.17) is 9.31 Å². The van der Waals surface area contributed by atoms with Crippen molar-refractivity contribution in [3.63, 3.8) is 0 Å². The SMILES string of the molecule is CC1(C)OB(c2ccc(C(F)(F)c3cccc(F)c3F)cc2)OC1(C)C. The van der Waals surface area contributed by atoms with Crippen LogP contribution in [0.4, 0.5) is 17.6 Å². The van der Waals surface area contributed by atoms with Gasteiger partial charge in [-0.15, -0.1) is 0 Å². The van der Waals surface area contributed by atoms with E-state index in [-0.39, 0.29) is 0 Å². The fourth-order valence-corrected chi connectivity index (χ4v) is 2.73. The predicted molar refractivity (Wildman–Crippen MR) is 91.5 cm³/mol. The first kappa shape index (κ1) is 18.9.